The van der Waals surface area contributed by atoms with Crippen molar-refractivity contribution in [1.82, 2.24) is 5.32 Å². The number of piperazine rings is 1. The second-order valence-corrected chi connectivity index (χ2v) is 6.26. The summed E-state index contributed by atoms with van der Waals surface area (Å²) in [6.45, 7) is 3.20. The Balaban J connectivity index is 1.58. The fraction of sp³-hybridized carbons (Fsp3) is 0.316. The fourth-order valence-corrected chi connectivity index (χ4v) is 3.36. The molecule has 2 aliphatic rings. The summed E-state index contributed by atoms with van der Waals surface area (Å²) in [5.74, 6) is 0.899. The van der Waals surface area contributed by atoms with Crippen LogP contribution >= 0.6 is 0 Å². The summed E-state index contributed by atoms with van der Waals surface area (Å²) in [6, 6.07) is 16.2. The maximum atomic E-state index is 12.1. The van der Waals surface area contributed by atoms with Gasteiger partial charge in [0.05, 0.1) is 17.4 Å². The highest BCUT2D eigenvalue weighted by atomic mass is 16.5. The predicted octanol–water partition coefficient (Wildman–Crippen LogP) is 2.39. The number of nitrogens with zero attached hydrogens (tertiary/aromatic N) is 1. The van der Waals surface area contributed by atoms with Gasteiger partial charge in [-0.05, 0) is 17.7 Å². The van der Waals surface area contributed by atoms with Gasteiger partial charge in [-0.3, -0.25) is 4.79 Å². The van der Waals surface area contributed by atoms with Crippen molar-refractivity contribution in [3.63, 3.8) is 0 Å². The van der Waals surface area contributed by atoms with Crippen LogP contribution in [0.1, 0.15) is 12.0 Å². The lowest BCUT2D eigenvalue weighted by molar-refractivity contribution is -0.116. The van der Waals surface area contributed by atoms with E-state index in [4.69, 9.17) is 4.74 Å². The number of benzene rings is 2. The summed E-state index contributed by atoms with van der Waals surface area (Å²) in [5, 5.41) is 6.39. The van der Waals surface area contributed by atoms with E-state index in [1.165, 1.54) is 0 Å². The van der Waals surface area contributed by atoms with Crippen LogP contribution in [0, 0.1) is 0 Å². The highest BCUT2D eigenvalue weighted by Crippen LogP contribution is 2.35. The molecule has 1 amide bonds. The molecule has 1 saturated heterocycles. The molecule has 0 spiro atoms. The molecule has 2 aliphatic heterocycles. The van der Waals surface area contributed by atoms with Crippen molar-refractivity contribution in [2.75, 3.05) is 29.9 Å². The fourth-order valence-electron chi connectivity index (χ4n) is 3.36. The first-order chi connectivity index (χ1) is 11.8. The van der Waals surface area contributed by atoms with Crippen LogP contribution < -0.4 is 20.3 Å². The number of carbonyl (C=O) groups is 1. The highest BCUT2D eigenvalue weighted by Gasteiger charge is 2.30. The van der Waals surface area contributed by atoms with E-state index in [0.29, 0.717) is 13.0 Å². The van der Waals surface area contributed by atoms with Gasteiger partial charge < -0.3 is 20.3 Å². The van der Waals surface area contributed by atoms with Gasteiger partial charge in [-0.25, -0.2) is 0 Å². The lowest BCUT2D eigenvalue weighted by Gasteiger charge is -2.36. The molecule has 0 aromatic heterocycles. The summed E-state index contributed by atoms with van der Waals surface area (Å²) in [4.78, 5) is 14.4. The first kappa shape index (κ1) is 15.0. The molecule has 2 aromatic rings. The summed E-state index contributed by atoms with van der Waals surface area (Å²) in [6.07, 6.45) is 0.516. The minimum atomic E-state index is 0.0744. The van der Waals surface area contributed by atoms with E-state index in [2.05, 4.69) is 27.7 Å². The number of amides is 1. The molecule has 1 atom stereocenters. The molecule has 0 bridgehead atoms. The molecule has 0 aliphatic carbocycles. The molecular formula is C19H21N3O2. The van der Waals surface area contributed by atoms with Gasteiger partial charge >= 0.3 is 0 Å². The molecular weight excluding hydrogens is 302 g/mol. The van der Waals surface area contributed by atoms with E-state index in [9.17, 15) is 4.79 Å². The maximum absolute atomic E-state index is 12.1. The quantitative estimate of drug-likeness (QED) is 0.911. The van der Waals surface area contributed by atoms with Gasteiger partial charge in [0.2, 0.25) is 5.91 Å². The lowest BCUT2D eigenvalue weighted by atomic mass is 10.1. The molecule has 1 fully saturated rings. The van der Waals surface area contributed by atoms with Crippen LogP contribution in [0.3, 0.4) is 0 Å². The van der Waals surface area contributed by atoms with E-state index < -0.39 is 0 Å². The van der Waals surface area contributed by atoms with Crippen LogP contribution in [-0.2, 0) is 11.4 Å². The van der Waals surface area contributed by atoms with Gasteiger partial charge in [-0.2, -0.15) is 0 Å². The number of nitrogens with one attached hydrogen (secondary N) is 2. The Bertz CT molecular complexity index is 733. The number of carbonyl (C=O) groups excluding carboxylic acids is 1. The zero-order valence-corrected chi connectivity index (χ0v) is 13.5. The Morgan fingerprint density at radius 3 is 2.92 bits per heavy atom. The number of rotatable bonds is 3. The molecule has 5 nitrogen and oxygen atoms in total. The van der Waals surface area contributed by atoms with Gasteiger partial charge in [0, 0.05) is 32.1 Å². The lowest BCUT2D eigenvalue weighted by Crippen LogP contribution is -2.51. The Kier molecular flexibility index (Phi) is 4.09. The van der Waals surface area contributed by atoms with Gasteiger partial charge in [-0.15, -0.1) is 0 Å². The number of anilines is 2. The van der Waals surface area contributed by atoms with E-state index in [0.717, 1.165) is 42.3 Å². The first-order valence-corrected chi connectivity index (χ1v) is 8.37. The third-order valence-corrected chi connectivity index (χ3v) is 4.57. The zero-order chi connectivity index (χ0) is 16.4. The van der Waals surface area contributed by atoms with Gasteiger partial charge in [0.25, 0.3) is 0 Å². The van der Waals surface area contributed by atoms with Crippen molar-refractivity contribution in [1.29, 1.82) is 0 Å². The average Bonchev–Trinajstić information content (AvgIpc) is 2.76. The SMILES string of the molecule is O=C1CC2CNCCN2c2cc(OCc3ccccc3)ccc2N1. The largest absolute Gasteiger partial charge is 0.489 e. The van der Waals surface area contributed by atoms with Gasteiger partial charge in [0.1, 0.15) is 12.4 Å². The number of hydrogen-bond donors (Lipinski definition) is 2. The van der Waals surface area contributed by atoms with Crippen molar-refractivity contribution >= 4 is 17.3 Å². The average molecular weight is 323 g/mol. The number of ether oxygens (including phenoxy) is 1. The Labute approximate surface area is 141 Å². The molecule has 2 heterocycles. The molecule has 1 unspecified atom stereocenters. The Morgan fingerprint density at radius 2 is 2.04 bits per heavy atom. The van der Waals surface area contributed by atoms with Crippen LogP contribution in [0.15, 0.2) is 48.5 Å². The molecule has 24 heavy (non-hydrogen) atoms. The summed E-state index contributed by atoms with van der Waals surface area (Å²) < 4.78 is 5.95. The number of fused-ring (bicyclic) bond motifs is 3. The van der Waals surface area contributed by atoms with E-state index in [1.54, 1.807) is 0 Å². The van der Waals surface area contributed by atoms with Crippen molar-refractivity contribution in [3.8, 4) is 5.75 Å². The second-order valence-electron chi connectivity index (χ2n) is 6.26. The molecule has 124 valence electrons. The van der Waals surface area contributed by atoms with Crippen molar-refractivity contribution < 1.29 is 9.53 Å². The zero-order valence-electron chi connectivity index (χ0n) is 13.5. The molecule has 2 N–H and O–H groups in total. The van der Waals surface area contributed by atoms with E-state index in [-0.39, 0.29) is 11.9 Å². The van der Waals surface area contributed by atoms with E-state index >= 15 is 0 Å². The minimum absolute atomic E-state index is 0.0744. The molecule has 0 radical (unpaired) electrons. The van der Waals surface area contributed by atoms with Crippen molar-refractivity contribution in [2.24, 2.45) is 0 Å². The van der Waals surface area contributed by atoms with Crippen LogP contribution in [0.25, 0.3) is 0 Å². The highest BCUT2D eigenvalue weighted by molar-refractivity contribution is 5.97. The third-order valence-electron chi connectivity index (χ3n) is 4.57. The van der Waals surface area contributed by atoms with Crippen LogP contribution in [0.4, 0.5) is 11.4 Å². The van der Waals surface area contributed by atoms with Gasteiger partial charge in [0.15, 0.2) is 0 Å². The molecule has 4 rings (SSSR count). The molecule has 5 heteroatoms. The maximum Gasteiger partial charge on any atom is 0.226 e. The van der Waals surface area contributed by atoms with Crippen LogP contribution in [0.2, 0.25) is 0 Å². The predicted molar refractivity (Wildman–Crippen MR) is 94.5 cm³/mol. The van der Waals surface area contributed by atoms with E-state index in [1.807, 2.05) is 36.4 Å². The number of hydrogen-bond acceptors (Lipinski definition) is 4. The monoisotopic (exact) mass is 323 g/mol. The minimum Gasteiger partial charge on any atom is -0.489 e. The standard InChI is InChI=1S/C19H21N3O2/c23-19-10-15-12-20-8-9-22(15)18-11-16(6-7-17(18)21-19)24-13-14-4-2-1-3-5-14/h1-7,11,15,20H,8-10,12-13H2,(H,21,23). The second kappa shape index (κ2) is 6.53. The summed E-state index contributed by atoms with van der Waals surface area (Å²) in [5.41, 5.74) is 3.06. The Morgan fingerprint density at radius 1 is 1.17 bits per heavy atom. The molecule has 0 saturated carbocycles. The van der Waals surface area contributed by atoms with Gasteiger partial charge in [-0.1, -0.05) is 30.3 Å². The smallest absolute Gasteiger partial charge is 0.226 e. The van der Waals surface area contributed by atoms with Crippen molar-refractivity contribution in [2.45, 2.75) is 19.1 Å². The third kappa shape index (κ3) is 3.08. The van der Waals surface area contributed by atoms with Crippen LogP contribution in [-0.4, -0.2) is 31.6 Å². The first-order valence-electron chi connectivity index (χ1n) is 8.37. The Hall–Kier alpha value is -2.53. The topological polar surface area (TPSA) is 53.6 Å². The summed E-state index contributed by atoms with van der Waals surface area (Å²) in [7, 11) is 0. The van der Waals surface area contributed by atoms with Crippen molar-refractivity contribution in [3.05, 3.63) is 54.1 Å². The van der Waals surface area contributed by atoms with Crippen LogP contribution in [0.5, 0.6) is 5.75 Å². The normalized spacial score (nSPS) is 19.8. The summed E-state index contributed by atoms with van der Waals surface area (Å²) >= 11 is 0. The molecule has 2 aromatic carbocycles.